The zero-order valence-corrected chi connectivity index (χ0v) is 6.03. The van der Waals surface area contributed by atoms with Crippen LogP contribution in [0, 0.1) is 0 Å². The van der Waals surface area contributed by atoms with Gasteiger partial charge < -0.3 is 4.52 Å². The Morgan fingerprint density at radius 1 is 1.50 bits per heavy atom. The van der Waals surface area contributed by atoms with Crippen molar-refractivity contribution in [3.8, 4) is 0 Å². The average molecular weight is 130 g/mol. The zero-order chi connectivity index (χ0) is 6.41. The van der Waals surface area contributed by atoms with Gasteiger partial charge >= 0.3 is 0 Å². The first kappa shape index (κ1) is 7.87. The third-order valence-corrected chi connectivity index (χ3v) is 1.91. The van der Waals surface area contributed by atoms with Gasteiger partial charge in [-0.05, 0) is 18.6 Å². The summed E-state index contributed by atoms with van der Waals surface area (Å²) in [6, 6.07) is 0. The molecular formula is C6H11OP. The van der Waals surface area contributed by atoms with Crippen molar-refractivity contribution in [3.05, 3.63) is 24.8 Å². The fraction of sp³-hybridized carbons (Fsp3) is 0.333. The molecule has 0 aliphatic rings. The normalized spacial score (nSPS) is 9.25. The molecule has 0 aliphatic carbocycles. The first-order valence-corrected chi connectivity index (χ1v) is 3.91. The molecule has 1 nitrogen and oxygen atoms in total. The molecule has 2 heteroatoms. The van der Waals surface area contributed by atoms with Crippen molar-refractivity contribution in [2.75, 3.05) is 6.61 Å². The third-order valence-electron chi connectivity index (χ3n) is 0.638. The molecule has 0 heterocycles. The Labute approximate surface area is 51.9 Å². The van der Waals surface area contributed by atoms with Crippen LogP contribution < -0.4 is 0 Å². The van der Waals surface area contributed by atoms with Crippen molar-refractivity contribution >= 4 is 8.15 Å². The van der Waals surface area contributed by atoms with Crippen LogP contribution in [-0.4, -0.2) is 6.61 Å². The first-order chi connectivity index (χ1) is 3.85. The monoisotopic (exact) mass is 130 g/mol. The van der Waals surface area contributed by atoms with E-state index in [0.717, 1.165) is 6.61 Å². The molecule has 0 saturated carbocycles. The van der Waals surface area contributed by atoms with Crippen LogP contribution in [0.4, 0.5) is 0 Å². The summed E-state index contributed by atoms with van der Waals surface area (Å²) >= 11 is 0. The van der Waals surface area contributed by atoms with Crippen LogP contribution in [0.15, 0.2) is 24.8 Å². The standard InChI is InChI=1S/C6H11OP/c1-4-7-8(5-2)6-3/h5-6H,2-4H2,1H3. The Bertz CT molecular complexity index is 72.6. The van der Waals surface area contributed by atoms with Gasteiger partial charge in [0.05, 0.1) is 8.15 Å². The van der Waals surface area contributed by atoms with Crippen molar-refractivity contribution in [3.63, 3.8) is 0 Å². The Kier molecular flexibility index (Phi) is 4.93. The van der Waals surface area contributed by atoms with E-state index in [0.29, 0.717) is 0 Å². The molecule has 0 bridgehead atoms. The maximum absolute atomic E-state index is 5.17. The average Bonchev–Trinajstić information content (AvgIpc) is 1.83. The summed E-state index contributed by atoms with van der Waals surface area (Å²) < 4.78 is 5.17. The van der Waals surface area contributed by atoms with Crippen molar-refractivity contribution < 1.29 is 4.52 Å². The van der Waals surface area contributed by atoms with Crippen LogP contribution >= 0.6 is 8.15 Å². The highest BCUT2D eigenvalue weighted by molar-refractivity contribution is 7.59. The van der Waals surface area contributed by atoms with Gasteiger partial charge in [0.1, 0.15) is 0 Å². The van der Waals surface area contributed by atoms with E-state index >= 15 is 0 Å². The largest absolute Gasteiger partial charge is 0.351 e. The highest BCUT2D eigenvalue weighted by Gasteiger charge is 1.91. The minimum absolute atomic E-state index is 0.529. The van der Waals surface area contributed by atoms with Crippen molar-refractivity contribution in [1.29, 1.82) is 0 Å². The Morgan fingerprint density at radius 2 is 2.00 bits per heavy atom. The van der Waals surface area contributed by atoms with Gasteiger partial charge in [-0.15, -0.1) is 0 Å². The fourth-order valence-electron chi connectivity index (χ4n) is 0.329. The zero-order valence-electron chi connectivity index (χ0n) is 5.13. The van der Waals surface area contributed by atoms with E-state index in [1.54, 1.807) is 11.6 Å². The van der Waals surface area contributed by atoms with E-state index in [4.69, 9.17) is 4.52 Å². The van der Waals surface area contributed by atoms with Crippen LogP contribution in [-0.2, 0) is 4.52 Å². The quantitative estimate of drug-likeness (QED) is 0.531. The molecule has 0 radical (unpaired) electrons. The smallest absolute Gasteiger partial charge is 0.0757 e. The summed E-state index contributed by atoms with van der Waals surface area (Å²) in [5, 5.41) is 0. The summed E-state index contributed by atoms with van der Waals surface area (Å²) in [6.07, 6.45) is 0. The molecule has 0 aromatic rings. The minimum atomic E-state index is -0.529. The number of rotatable bonds is 4. The van der Waals surface area contributed by atoms with Gasteiger partial charge in [-0.1, -0.05) is 13.2 Å². The van der Waals surface area contributed by atoms with E-state index in [-0.39, 0.29) is 0 Å². The Balaban J connectivity index is 3.35. The predicted octanol–water partition coefficient (Wildman–Crippen LogP) is 2.71. The van der Waals surface area contributed by atoms with Crippen LogP contribution in [0.25, 0.3) is 0 Å². The lowest BCUT2D eigenvalue weighted by Gasteiger charge is -2.03. The van der Waals surface area contributed by atoms with E-state index < -0.39 is 8.15 Å². The summed E-state index contributed by atoms with van der Waals surface area (Å²) in [5.74, 6) is 3.57. The summed E-state index contributed by atoms with van der Waals surface area (Å²) in [5.41, 5.74) is 0. The molecule has 0 rings (SSSR count). The lowest BCUT2D eigenvalue weighted by molar-refractivity contribution is 0.387. The van der Waals surface area contributed by atoms with E-state index in [1.807, 2.05) is 6.92 Å². The van der Waals surface area contributed by atoms with Gasteiger partial charge in [0, 0.05) is 6.61 Å². The van der Waals surface area contributed by atoms with Gasteiger partial charge in [0.2, 0.25) is 0 Å². The number of hydrogen-bond donors (Lipinski definition) is 0. The van der Waals surface area contributed by atoms with Crippen LogP contribution in [0.3, 0.4) is 0 Å². The lowest BCUT2D eigenvalue weighted by atomic mass is 10.9. The lowest BCUT2D eigenvalue weighted by Crippen LogP contribution is -1.75. The van der Waals surface area contributed by atoms with Crippen LogP contribution in [0.1, 0.15) is 6.92 Å². The minimum Gasteiger partial charge on any atom is -0.351 e. The fourth-order valence-corrected chi connectivity index (χ4v) is 0.987. The molecule has 8 heavy (non-hydrogen) atoms. The van der Waals surface area contributed by atoms with Crippen LogP contribution in [0.2, 0.25) is 0 Å². The molecule has 0 aromatic carbocycles. The second kappa shape index (κ2) is 5.02. The molecule has 0 N–H and O–H groups in total. The second-order valence-electron chi connectivity index (χ2n) is 1.14. The Hall–Kier alpha value is -0.130. The van der Waals surface area contributed by atoms with Crippen LogP contribution in [0.5, 0.6) is 0 Å². The molecule has 0 spiro atoms. The molecule has 0 unspecified atom stereocenters. The van der Waals surface area contributed by atoms with E-state index in [1.165, 1.54) is 0 Å². The first-order valence-electron chi connectivity index (χ1n) is 2.51. The van der Waals surface area contributed by atoms with Gasteiger partial charge in [0.25, 0.3) is 0 Å². The summed E-state index contributed by atoms with van der Waals surface area (Å²) in [4.78, 5) is 0. The van der Waals surface area contributed by atoms with Crippen molar-refractivity contribution in [2.45, 2.75) is 6.92 Å². The molecule has 0 fully saturated rings. The molecule has 0 atom stereocenters. The highest BCUT2D eigenvalue weighted by atomic mass is 31.1. The topological polar surface area (TPSA) is 9.23 Å². The summed E-state index contributed by atoms with van der Waals surface area (Å²) in [6.45, 7) is 9.87. The van der Waals surface area contributed by atoms with Gasteiger partial charge in [-0.3, -0.25) is 0 Å². The molecule has 0 aromatic heterocycles. The van der Waals surface area contributed by atoms with Crippen molar-refractivity contribution in [1.82, 2.24) is 0 Å². The SMILES string of the molecule is C=CP(C=C)OCC. The molecule has 46 valence electrons. The molecule has 0 aliphatic heterocycles. The van der Waals surface area contributed by atoms with E-state index in [9.17, 15) is 0 Å². The Morgan fingerprint density at radius 3 is 2.12 bits per heavy atom. The molecule has 0 amide bonds. The maximum Gasteiger partial charge on any atom is 0.0757 e. The number of hydrogen-bond acceptors (Lipinski definition) is 1. The van der Waals surface area contributed by atoms with Gasteiger partial charge in [-0.25, -0.2) is 0 Å². The third kappa shape index (κ3) is 2.95. The molecule has 0 saturated heterocycles. The van der Waals surface area contributed by atoms with E-state index in [2.05, 4.69) is 13.2 Å². The summed E-state index contributed by atoms with van der Waals surface area (Å²) in [7, 11) is -0.529. The molecular weight excluding hydrogens is 119 g/mol. The van der Waals surface area contributed by atoms with Gasteiger partial charge in [0.15, 0.2) is 0 Å². The highest BCUT2D eigenvalue weighted by Crippen LogP contribution is 2.38. The maximum atomic E-state index is 5.17. The predicted molar refractivity (Wildman–Crippen MR) is 38.9 cm³/mol. The van der Waals surface area contributed by atoms with Crippen molar-refractivity contribution in [2.24, 2.45) is 0 Å². The van der Waals surface area contributed by atoms with Gasteiger partial charge in [-0.2, -0.15) is 0 Å². The second-order valence-corrected chi connectivity index (χ2v) is 2.85.